The number of nitrogens with zero attached hydrogens (tertiary/aromatic N) is 4. The molecule has 0 atom stereocenters. The molecular weight excluding hydrogens is 420 g/mol. The van der Waals surface area contributed by atoms with E-state index in [9.17, 15) is 9.59 Å². The number of amides is 2. The molecule has 8 nitrogen and oxygen atoms in total. The van der Waals surface area contributed by atoms with E-state index in [1.165, 1.54) is 35.9 Å². The first-order valence-corrected chi connectivity index (χ1v) is 11.5. The molecule has 3 N–H and O–H groups in total. The van der Waals surface area contributed by atoms with E-state index >= 15 is 0 Å². The van der Waals surface area contributed by atoms with E-state index in [0.717, 1.165) is 28.8 Å². The molecule has 30 heavy (non-hydrogen) atoms. The Morgan fingerprint density at radius 1 is 1.27 bits per heavy atom. The minimum absolute atomic E-state index is 0.142. The van der Waals surface area contributed by atoms with Crippen LogP contribution < -0.4 is 11.1 Å². The van der Waals surface area contributed by atoms with Crippen molar-refractivity contribution in [2.45, 2.75) is 43.8 Å². The Kier molecular flexibility index (Phi) is 6.14. The van der Waals surface area contributed by atoms with Gasteiger partial charge in [0.15, 0.2) is 0 Å². The van der Waals surface area contributed by atoms with Crippen molar-refractivity contribution in [2.75, 3.05) is 11.1 Å². The molecule has 1 fully saturated rings. The van der Waals surface area contributed by atoms with Gasteiger partial charge < -0.3 is 11.1 Å². The van der Waals surface area contributed by atoms with Crippen LogP contribution in [0.25, 0.3) is 11.1 Å². The predicted molar refractivity (Wildman–Crippen MR) is 118 cm³/mol. The van der Waals surface area contributed by atoms with Gasteiger partial charge in [-0.3, -0.25) is 9.59 Å². The van der Waals surface area contributed by atoms with Gasteiger partial charge in [-0.05, 0) is 35.8 Å². The summed E-state index contributed by atoms with van der Waals surface area (Å²) in [6, 6.07) is 9.87. The zero-order chi connectivity index (χ0) is 21.1. The number of rotatable bonds is 7. The van der Waals surface area contributed by atoms with Gasteiger partial charge in [0, 0.05) is 10.4 Å². The second-order valence-electron chi connectivity index (χ2n) is 7.15. The normalized spacial score (nSPS) is 14.2. The minimum Gasteiger partial charge on any atom is -0.365 e. The molecule has 2 aromatic heterocycles. The number of benzene rings is 1. The number of hydrogen-bond donors (Lipinski definition) is 2. The maximum Gasteiger partial charge on any atom is 0.252 e. The van der Waals surface area contributed by atoms with Crippen molar-refractivity contribution in [1.82, 2.24) is 20.2 Å². The maximum atomic E-state index is 12.6. The highest BCUT2D eigenvalue weighted by molar-refractivity contribution is 7.99. The molecule has 156 valence electrons. The summed E-state index contributed by atoms with van der Waals surface area (Å²) in [6.07, 6.45) is 4.46. The average molecular weight is 443 g/mol. The first-order chi connectivity index (χ1) is 14.5. The van der Waals surface area contributed by atoms with Crippen molar-refractivity contribution in [1.29, 1.82) is 0 Å². The van der Waals surface area contributed by atoms with Gasteiger partial charge in [-0.25, -0.2) is 4.68 Å². The van der Waals surface area contributed by atoms with Gasteiger partial charge in [0.25, 0.3) is 5.91 Å². The van der Waals surface area contributed by atoms with Gasteiger partial charge in [-0.1, -0.05) is 54.9 Å². The molecule has 1 aliphatic rings. The number of anilines is 1. The van der Waals surface area contributed by atoms with E-state index in [1.54, 1.807) is 0 Å². The summed E-state index contributed by atoms with van der Waals surface area (Å²) in [7, 11) is 0. The Labute approximate surface area is 182 Å². The second kappa shape index (κ2) is 8.97. The van der Waals surface area contributed by atoms with Gasteiger partial charge in [-0.15, -0.1) is 16.4 Å². The van der Waals surface area contributed by atoms with Gasteiger partial charge in [0.05, 0.1) is 17.4 Å². The van der Waals surface area contributed by atoms with Gasteiger partial charge in [0.1, 0.15) is 5.00 Å². The van der Waals surface area contributed by atoms with Crippen LogP contribution >= 0.6 is 23.1 Å². The fourth-order valence-corrected chi connectivity index (χ4v) is 5.61. The Balaban J connectivity index is 1.49. The number of carbonyl (C=O) groups excluding carboxylic acids is 2. The number of thioether (sulfide) groups is 1. The lowest BCUT2D eigenvalue weighted by Crippen LogP contribution is -2.19. The molecule has 3 aromatic rings. The molecule has 0 saturated heterocycles. The predicted octanol–water partition coefficient (Wildman–Crippen LogP) is 3.65. The van der Waals surface area contributed by atoms with Crippen LogP contribution in [0.2, 0.25) is 0 Å². The first-order valence-electron chi connectivity index (χ1n) is 9.73. The molecule has 1 aromatic carbocycles. The van der Waals surface area contributed by atoms with Crippen LogP contribution in [0.3, 0.4) is 0 Å². The third kappa shape index (κ3) is 4.24. The highest BCUT2D eigenvalue weighted by Gasteiger charge is 2.24. The zero-order valence-electron chi connectivity index (χ0n) is 16.5. The van der Waals surface area contributed by atoms with E-state index in [0.29, 0.717) is 21.8 Å². The van der Waals surface area contributed by atoms with E-state index in [2.05, 4.69) is 20.8 Å². The average Bonchev–Trinajstić information content (AvgIpc) is 3.46. The third-order valence-electron chi connectivity index (χ3n) is 5.11. The summed E-state index contributed by atoms with van der Waals surface area (Å²) in [4.78, 5) is 25.7. The van der Waals surface area contributed by atoms with Gasteiger partial charge >= 0.3 is 0 Å². The number of tetrazole rings is 1. The lowest BCUT2D eigenvalue weighted by Gasteiger charge is -2.10. The van der Waals surface area contributed by atoms with Crippen LogP contribution in [-0.4, -0.2) is 37.8 Å². The van der Waals surface area contributed by atoms with Gasteiger partial charge in [-0.2, -0.15) is 0 Å². The summed E-state index contributed by atoms with van der Waals surface area (Å²) in [6.45, 7) is 1.92. The Bertz CT molecular complexity index is 1060. The van der Waals surface area contributed by atoms with Crippen LogP contribution in [0.1, 0.15) is 47.0 Å². The number of thiophene rings is 1. The third-order valence-corrected chi connectivity index (χ3v) is 7.07. The molecule has 0 aliphatic heterocycles. The van der Waals surface area contributed by atoms with Crippen LogP contribution in [0.4, 0.5) is 5.00 Å². The molecule has 10 heteroatoms. The Morgan fingerprint density at radius 3 is 2.70 bits per heavy atom. The summed E-state index contributed by atoms with van der Waals surface area (Å²) in [5.41, 5.74) is 7.67. The molecule has 1 saturated carbocycles. The molecular formula is C20H22N6O2S2. The fourth-order valence-electron chi connectivity index (χ4n) is 3.77. The molecule has 0 spiro atoms. The van der Waals surface area contributed by atoms with Crippen molar-refractivity contribution in [3.05, 3.63) is 40.8 Å². The van der Waals surface area contributed by atoms with Crippen LogP contribution in [0.5, 0.6) is 0 Å². The number of carbonyl (C=O) groups is 2. The number of aromatic nitrogens is 4. The molecule has 0 radical (unpaired) electrons. The number of nitrogens with two attached hydrogens (primary N) is 1. The molecule has 2 amide bonds. The smallest absolute Gasteiger partial charge is 0.252 e. The summed E-state index contributed by atoms with van der Waals surface area (Å²) in [5.74, 6) is -0.654. The van der Waals surface area contributed by atoms with Crippen molar-refractivity contribution in [2.24, 2.45) is 5.73 Å². The van der Waals surface area contributed by atoms with Crippen LogP contribution in [0, 0.1) is 6.92 Å². The summed E-state index contributed by atoms with van der Waals surface area (Å²) < 4.78 is 1.82. The highest BCUT2D eigenvalue weighted by atomic mass is 32.2. The quantitative estimate of drug-likeness (QED) is 0.540. The molecule has 4 rings (SSSR count). The van der Waals surface area contributed by atoms with E-state index < -0.39 is 5.91 Å². The van der Waals surface area contributed by atoms with E-state index in [-0.39, 0.29) is 11.7 Å². The van der Waals surface area contributed by atoms with Crippen molar-refractivity contribution in [3.8, 4) is 11.1 Å². The number of aryl methyl sites for hydroxylation is 1. The summed E-state index contributed by atoms with van der Waals surface area (Å²) in [5, 5.41) is 15.9. The number of hydrogen-bond acceptors (Lipinski definition) is 7. The highest BCUT2D eigenvalue weighted by Crippen LogP contribution is 2.39. The molecule has 0 bridgehead atoms. The second-order valence-corrected chi connectivity index (χ2v) is 9.32. The standard InChI is InChI=1S/C20H22N6O2S2/c1-12-16(13-7-3-2-4-8-13)17(18(21)28)19(30-12)22-15(27)11-29-20-23-24-25-26(20)14-9-5-6-10-14/h2-4,7-8,14H,5-6,9-11H2,1H3,(H2,21,28)(H,22,27). The van der Waals surface area contributed by atoms with Crippen LogP contribution in [-0.2, 0) is 4.79 Å². The largest absolute Gasteiger partial charge is 0.365 e. The number of primary amides is 1. The Morgan fingerprint density at radius 2 is 2.00 bits per heavy atom. The minimum atomic E-state index is -0.564. The van der Waals surface area contributed by atoms with E-state index in [1.807, 2.05) is 41.9 Å². The first kappa shape index (κ1) is 20.5. The molecule has 1 aliphatic carbocycles. The lowest BCUT2D eigenvalue weighted by atomic mass is 10.0. The maximum absolute atomic E-state index is 12.6. The van der Waals surface area contributed by atoms with Crippen molar-refractivity contribution in [3.63, 3.8) is 0 Å². The fraction of sp³-hybridized carbons (Fsp3) is 0.350. The SMILES string of the molecule is Cc1sc(NC(=O)CSc2nnnn2C2CCCC2)c(C(N)=O)c1-c1ccccc1. The van der Waals surface area contributed by atoms with Crippen molar-refractivity contribution >= 4 is 39.9 Å². The van der Waals surface area contributed by atoms with Gasteiger partial charge in [0.2, 0.25) is 11.1 Å². The van der Waals surface area contributed by atoms with E-state index in [4.69, 9.17) is 5.73 Å². The van der Waals surface area contributed by atoms with Crippen LogP contribution in [0.15, 0.2) is 35.5 Å². The molecule has 0 unspecified atom stereocenters. The zero-order valence-corrected chi connectivity index (χ0v) is 18.1. The topological polar surface area (TPSA) is 116 Å². The number of nitrogens with one attached hydrogen (secondary N) is 1. The molecule has 2 heterocycles. The lowest BCUT2D eigenvalue weighted by molar-refractivity contribution is -0.113. The summed E-state index contributed by atoms with van der Waals surface area (Å²) >= 11 is 2.64. The Hall–Kier alpha value is -2.72. The monoisotopic (exact) mass is 442 g/mol. The van der Waals surface area contributed by atoms with Crippen molar-refractivity contribution < 1.29 is 9.59 Å².